The molecule has 3 aromatic rings. The van der Waals surface area contributed by atoms with Gasteiger partial charge in [-0.2, -0.15) is 0 Å². The molecular weight excluding hydrogens is 351 g/mol. The van der Waals surface area contributed by atoms with Gasteiger partial charge >= 0.3 is 7.37 Å². The number of aryl methyl sites for hydroxylation is 1. The van der Waals surface area contributed by atoms with Crippen LogP contribution in [0.15, 0.2) is 84.9 Å². The maximum Gasteiger partial charge on any atom is 0.306 e. The van der Waals surface area contributed by atoms with E-state index in [1.165, 1.54) is 19.3 Å². The van der Waals surface area contributed by atoms with Crippen LogP contribution < -0.4 is 15.1 Å². The number of rotatable bonds is 9. The van der Waals surface area contributed by atoms with Crippen LogP contribution in [0.4, 0.5) is 0 Å². The van der Waals surface area contributed by atoms with Crippen LogP contribution in [0.25, 0.3) is 0 Å². The van der Waals surface area contributed by atoms with Gasteiger partial charge in [0.1, 0.15) is 5.75 Å². The van der Waals surface area contributed by atoms with Crippen molar-refractivity contribution >= 4 is 18.0 Å². The summed E-state index contributed by atoms with van der Waals surface area (Å²) in [4.78, 5) is 0. The first-order valence-corrected chi connectivity index (χ1v) is 11.4. The number of hydrogen-bond donors (Lipinski definition) is 0. The molecule has 0 bridgehead atoms. The average Bonchev–Trinajstić information content (AvgIpc) is 2.73. The minimum Gasteiger partial charge on any atom is -0.437 e. The third kappa shape index (κ3) is 4.90. The zero-order valence-electron chi connectivity index (χ0n) is 15.9. The highest BCUT2D eigenvalue weighted by Gasteiger charge is 2.30. The summed E-state index contributed by atoms with van der Waals surface area (Å²) >= 11 is 0. The molecular formula is C24H27O2P. The molecule has 0 heterocycles. The molecule has 0 atom stereocenters. The fourth-order valence-corrected chi connectivity index (χ4v) is 5.28. The molecule has 0 fully saturated rings. The second-order valence-corrected chi connectivity index (χ2v) is 9.05. The highest BCUT2D eigenvalue weighted by atomic mass is 31.2. The fraction of sp³-hybridized carbons (Fsp3) is 0.250. The number of para-hydroxylation sites is 1. The topological polar surface area (TPSA) is 26.3 Å². The lowest BCUT2D eigenvalue weighted by Gasteiger charge is -2.22. The molecule has 0 aliphatic carbocycles. The second kappa shape index (κ2) is 9.58. The molecule has 0 amide bonds. The Balaban J connectivity index is 1.93. The fourth-order valence-electron chi connectivity index (χ4n) is 3.18. The van der Waals surface area contributed by atoms with Crippen LogP contribution in [0, 0.1) is 0 Å². The number of hydrogen-bond acceptors (Lipinski definition) is 2. The third-order valence-corrected chi connectivity index (χ3v) is 7.10. The molecule has 0 spiro atoms. The van der Waals surface area contributed by atoms with Crippen LogP contribution >= 0.6 is 7.37 Å². The van der Waals surface area contributed by atoms with Gasteiger partial charge in [0.05, 0.1) is 10.6 Å². The number of unbranched alkanes of at least 4 members (excludes halogenated alkanes) is 3. The Labute approximate surface area is 162 Å². The minimum absolute atomic E-state index is 0.719. The van der Waals surface area contributed by atoms with E-state index in [-0.39, 0.29) is 0 Å². The molecule has 3 aromatic carbocycles. The van der Waals surface area contributed by atoms with E-state index in [0.29, 0.717) is 0 Å². The Kier molecular flexibility index (Phi) is 6.90. The van der Waals surface area contributed by atoms with E-state index in [9.17, 15) is 4.57 Å². The van der Waals surface area contributed by atoms with Crippen molar-refractivity contribution in [3.63, 3.8) is 0 Å². The summed E-state index contributed by atoms with van der Waals surface area (Å²) in [7, 11) is -3.22. The quantitative estimate of drug-likeness (QED) is 0.331. The van der Waals surface area contributed by atoms with Crippen molar-refractivity contribution in [1.29, 1.82) is 0 Å². The van der Waals surface area contributed by atoms with E-state index >= 15 is 0 Å². The highest BCUT2D eigenvalue weighted by Crippen LogP contribution is 2.46. The Morgan fingerprint density at radius 3 is 1.85 bits per heavy atom. The molecule has 3 rings (SSSR count). The van der Waals surface area contributed by atoms with Crippen molar-refractivity contribution in [1.82, 2.24) is 0 Å². The van der Waals surface area contributed by atoms with Crippen molar-refractivity contribution < 1.29 is 9.09 Å². The summed E-state index contributed by atoms with van der Waals surface area (Å²) in [6.07, 6.45) is 5.74. The van der Waals surface area contributed by atoms with Gasteiger partial charge in [-0.1, -0.05) is 80.8 Å². The lowest BCUT2D eigenvalue weighted by atomic mass is 10.1. The standard InChI is InChI=1S/C24H27O2P/c1-2-3-4-7-14-21-15-12-13-20-24(21)26-27(25,22-16-8-5-9-17-22)23-18-10-6-11-19-23/h5-6,8-13,15-20H,2-4,7,14H2,1H3. The molecule has 0 unspecified atom stereocenters. The van der Waals surface area contributed by atoms with Crippen LogP contribution in [0.5, 0.6) is 5.75 Å². The molecule has 0 radical (unpaired) electrons. The molecule has 140 valence electrons. The largest absolute Gasteiger partial charge is 0.437 e. The van der Waals surface area contributed by atoms with Crippen LogP contribution in [-0.2, 0) is 11.0 Å². The maximum absolute atomic E-state index is 14.1. The van der Waals surface area contributed by atoms with Gasteiger partial charge in [0.25, 0.3) is 0 Å². The van der Waals surface area contributed by atoms with E-state index in [4.69, 9.17) is 4.52 Å². The van der Waals surface area contributed by atoms with Gasteiger partial charge in [-0.15, -0.1) is 0 Å². The van der Waals surface area contributed by atoms with Crippen molar-refractivity contribution in [3.8, 4) is 5.75 Å². The first kappa shape index (κ1) is 19.5. The predicted octanol–water partition coefficient (Wildman–Crippen LogP) is 6.12. The third-order valence-electron chi connectivity index (χ3n) is 4.69. The summed E-state index contributed by atoms with van der Waals surface area (Å²) in [5.74, 6) is 0.727. The zero-order chi connectivity index (χ0) is 19.0. The maximum atomic E-state index is 14.1. The van der Waals surface area contributed by atoms with Crippen molar-refractivity contribution in [3.05, 3.63) is 90.5 Å². The van der Waals surface area contributed by atoms with Crippen molar-refractivity contribution in [2.24, 2.45) is 0 Å². The van der Waals surface area contributed by atoms with Gasteiger partial charge in [0, 0.05) is 0 Å². The molecule has 0 aromatic heterocycles. The van der Waals surface area contributed by atoms with Crippen molar-refractivity contribution in [2.45, 2.75) is 39.0 Å². The van der Waals surface area contributed by atoms with E-state index in [2.05, 4.69) is 13.0 Å². The van der Waals surface area contributed by atoms with Crippen LogP contribution in [0.1, 0.15) is 38.2 Å². The summed E-state index contributed by atoms with van der Waals surface area (Å²) in [5.41, 5.74) is 1.13. The predicted molar refractivity (Wildman–Crippen MR) is 115 cm³/mol. The van der Waals surface area contributed by atoms with Gasteiger partial charge in [-0.25, -0.2) is 0 Å². The average molecular weight is 378 g/mol. The molecule has 0 aliphatic heterocycles. The zero-order valence-corrected chi connectivity index (χ0v) is 16.8. The second-order valence-electron chi connectivity index (χ2n) is 6.73. The van der Waals surface area contributed by atoms with Crippen LogP contribution in [-0.4, -0.2) is 0 Å². The summed E-state index contributed by atoms with van der Waals surface area (Å²) in [5, 5.41) is 1.44. The molecule has 0 aliphatic rings. The Morgan fingerprint density at radius 2 is 1.26 bits per heavy atom. The first-order valence-electron chi connectivity index (χ1n) is 9.73. The van der Waals surface area contributed by atoms with Gasteiger partial charge in [0.15, 0.2) is 0 Å². The van der Waals surface area contributed by atoms with Gasteiger partial charge in [0.2, 0.25) is 0 Å². The number of benzene rings is 3. The Hall–Kier alpha value is -2.31. The Bertz CT molecular complexity index is 832. The molecule has 0 saturated heterocycles. The van der Waals surface area contributed by atoms with E-state index in [0.717, 1.165) is 34.8 Å². The lowest BCUT2D eigenvalue weighted by molar-refractivity contribution is 0.498. The van der Waals surface area contributed by atoms with Crippen LogP contribution in [0.2, 0.25) is 0 Å². The van der Waals surface area contributed by atoms with Gasteiger partial charge in [-0.05, 0) is 48.7 Å². The molecule has 27 heavy (non-hydrogen) atoms. The summed E-state index contributed by atoms with van der Waals surface area (Å²) in [6.45, 7) is 2.22. The van der Waals surface area contributed by atoms with Crippen molar-refractivity contribution in [2.75, 3.05) is 0 Å². The molecule has 0 saturated carbocycles. The monoisotopic (exact) mass is 378 g/mol. The first-order chi connectivity index (χ1) is 13.2. The van der Waals surface area contributed by atoms with E-state index in [1.807, 2.05) is 78.9 Å². The SMILES string of the molecule is CCCCCCc1ccccc1OP(=O)(c1ccccc1)c1ccccc1. The summed E-state index contributed by atoms with van der Waals surface area (Å²) < 4.78 is 20.4. The molecule has 3 heteroatoms. The van der Waals surface area contributed by atoms with E-state index in [1.54, 1.807) is 0 Å². The minimum atomic E-state index is -3.22. The van der Waals surface area contributed by atoms with E-state index < -0.39 is 7.37 Å². The highest BCUT2D eigenvalue weighted by molar-refractivity contribution is 7.74. The Morgan fingerprint density at radius 1 is 0.704 bits per heavy atom. The summed E-state index contributed by atoms with van der Waals surface area (Å²) in [6, 6.07) is 27.0. The van der Waals surface area contributed by atoms with Gasteiger partial charge in [-0.3, -0.25) is 4.57 Å². The van der Waals surface area contributed by atoms with Gasteiger partial charge < -0.3 is 4.52 Å². The molecule has 0 N–H and O–H groups in total. The smallest absolute Gasteiger partial charge is 0.306 e. The van der Waals surface area contributed by atoms with Crippen LogP contribution in [0.3, 0.4) is 0 Å². The molecule has 2 nitrogen and oxygen atoms in total. The lowest BCUT2D eigenvalue weighted by Crippen LogP contribution is -2.20. The normalized spacial score (nSPS) is 11.3.